The van der Waals surface area contributed by atoms with E-state index in [0.29, 0.717) is 30.6 Å². The molecule has 12 nitrogen and oxygen atoms in total. The van der Waals surface area contributed by atoms with Gasteiger partial charge < -0.3 is 24.6 Å². The SMILES string of the molecule is Cc1cc(NC(=O)CN2CC(c3nc(-c4cccc(C(F)(F)F)c4)no3)C2)no1.O=C(O)C(=O)O. The predicted molar refractivity (Wildman–Crippen MR) is 109 cm³/mol. The van der Waals surface area contributed by atoms with Crippen molar-refractivity contribution >= 4 is 23.7 Å². The van der Waals surface area contributed by atoms with Crippen LogP contribution in [0.15, 0.2) is 39.4 Å². The number of nitrogens with zero attached hydrogens (tertiary/aromatic N) is 4. The number of amides is 1. The van der Waals surface area contributed by atoms with Gasteiger partial charge in [-0.25, -0.2) is 9.59 Å². The first kappa shape index (κ1) is 25.4. The third kappa shape index (κ3) is 6.86. The average molecular weight is 497 g/mol. The van der Waals surface area contributed by atoms with Crippen molar-refractivity contribution in [2.24, 2.45) is 0 Å². The highest BCUT2D eigenvalue weighted by Gasteiger charge is 2.34. The van der Waals surface area contributed by atoms with Crippen molar-refractivity contribution in [2.45, 2.75) is 19.0 Å². The van der Waals surface area contributed by atoms with E-state index in [0.717, 1.165) is 12.1 Å². The predicted octanol–water partition coefficient (Wildman–Crippen LogP) is 2.25. The molecule has 0 aliphatic carbocycles. The summed E-state index contributed by atoms with van der Waals surface area (Å²) in [7, 11) is 0. The Morgan fingerprint density at radius 3 is 2.37 bits per heavy atom. The van der Waals surface area contributed by atoms with Gasteiger partial charge in [-0.1, -0.05) is 22.4 Å². The van der Waals surface area contributed by atoms with E-state index in [1.165, 1.54) is 12.1 Å². The largest absolute Gasteiger partial charge is 0.473 e. The maximum atomic E-state index is 12.9. The molecule has 0 atom stereocenters. The van der Waals surface area contributed by atoms with E-state index in [-0.39, 0.29) is 29.8 Å². The Morgan fingerprint density at radius 1 is 1.11 bits per heavy atom. The van der Waals surface area contributed by atoms with Crippen molar-refractivity contribution in [1.82, 2.24) is 20.2 Å². The van der Waals surface area contributed by atoms with Crippen LogP contribution in [0, 0.1) is 6.92 Å². The minimum Gasteiger partial charge on any atom is -0.473 e. The molecular weight excluding hydrogens is 479 g/mol. The first-order valence-electron chi connectivity index (χ1n) is 9.85. The number of rotatable bonds is 5. The number of hydrogen-bond donors (Lipinski definition) is 3. The van der Waals surface area contributed by atoms with E-state index in [1.54, 1.807) is 13.0 Å². The molecule has 1 fully saturated rings. The summed E-state index contributed by atoms with van der Waals surface area (Å²) in [4.78, 5) is 36.3. The molecule has 0 saturated carbocycles. The summed E-state index contributed by atoms with van der Waals surface area (Å²) in [6, 6.07) is 6.38. The number of alkyl halides is 3. The number of anilines is 1. The molecule has 0 bridgehead atoms. The van der Waals surface area contributed by atoms with Gasteiger partial charge in [0.25, 0.3) is 0 Å². The van der Waals surface area contributed by atoms with Crippen molar-refractivity contribution < 1.29 is 46.8 Å². The van der Waals surface area contributed by atoms with Crippen LogP contribution in [0.2, 0.25) is 0 Å². The van der Waals surface area contributed by atoms with Gasteiger partial charge in [0.05, 0.1) is 18.0 Å². The quantitative estimate of drug-likeness (QED) is 0.441. The number of nitrogens with one attached hydrogen (secondary N) is 1. The van der Waals surface area contributed by atoms with Gasteiger partial charge in [0, 0.05) is 24.7 Å². The lowest BCUT2D eigenvalue weighted by molar-refractivity contribution is -0.159. The van der Waals surface area contributed by atoms with Crippen LogP contribution in [0.5, 0.6) is 0 Å². The minimum atomic E-state index is -4.44. The standard InChI is InChI=1S/C18H16F3N5O3.C2H2O4/c1-10-5-14(24-28-10)22-15(27)9-26-7-12(8-26)17-23-16(25-29-17)11-3-2-4-13(6-11)18(19,20)21;3-1(4)2(5)6/h2-6,12H,7-9H2,1H3,(H,22,24,27);(H,3,4)(H,5,6). The molecule has 1 aromatic carbocycles. The van der Waals surface area contributed by atoms with Crippen molar-refractivity contribution in [3.05, 3.63) is 47.5 Å². The molecule has 0 unspecified atom stereocenters. The number of aliphatic carboxylic acids is 2. The summed E-state index contributed by atoms with van der Waals surface area (Å²) in [5.74, 6) is -2.57. The average Bonchev–Trinajstić information content (AvgIpc) is 3.39. The highest BCUT2D eigenvalue weighted by Crippen LogP contribution is 2.32. The monoisotopic (exact) mass is 497 g/mol. The second-order valence-corrected chi connectivity index (χ2v) is 7.41. The number of aryl methyl sites for hydroxylation is 1. The molecule has 3 heterocycles. The number of carbonyl (C=O) groups is 3. The van der Waals surface area contributed by atoms with Gasteiger partial charge in [0.1, 0.15) is 5.76 Å². The molecule has 4 rings (SSSR count). The van der Waals surface area contributed by atoms with E-state index >= 15 is 0 Å². The van der Waals surface area contributed by atoms with Crippen LogP contribution < -0.4 is 5.32 Å². The lowest BCUT2D eigenvalue weighted by atomic mass is 10.0. The van der Waals surface area contributed by atoms with Gasteiger partial charge in [-0.2, -0.15) is 18.2 Å². The number of carboxylic acids is 2. The fraction of sp³-hybridized carbons (Fsp3) is 0.300. The molecule has 186 valence electrons. The maximum Gasteiger partial charge on any atom is 0.416 e. The van der Waals surface area contributed by atoms with Crippen molar-refractivity contribution in [3.8, 4) is 11.4 Å². The fourth-order valence-corrected chi connectivity index (χ4v) is 3.02. The molecule has 0 spiro atoms. The van der Waals surface area contributed by atoms with Crippen LogP contribution >= 0.6 is 0 Å². The number of carboxylic acid groups (broad SMARTS) is 2. The van der Waals surface area contributed by atoms with E-state index < -0.39 is 23.7 Å². The van der Waals surface area contributed by atoms with E-state index in [4.69, 9.17) is 28.8 Å². The molecule has 1 saturated heterocycles. The third-order valence-electron chi connectivity index (χ3n) is 4.64. The van der Waals surface area contributed by atoms with Crippen molar-refractivity contribution in [2.75, 3.05) is 25.0 Å². The van der Waals surface area contributed by atoms with Gasteiger partial charge in [-0.15, -0.1) is 0 Å². The first-order valence-corrected chi connectivity index (χ1v) is 9.85. The van der Waals surface area contributed by atoms with Gasteiger partial charge in [0.15, 0.2) is 5.82 Å². The van der Waals surface area contributed by atoms with Gasteiger partial charge in [-0.3, -0.25) is 9.69 Å². The molecule has 1 aliphatic heterocycles. The summed E-state index contributed by atoms with van der Waals surface area (Å²) in [5.41, 5.74) is -0.544. The summed E-state index contributed by atoms with van der Waals surface area (Å²) >= 11 is 0. The zero-order valence-corrected chi connectivity index (χ0v) is 17.9. The topological polar surface area (TPSA) is 172 Å². The minimum absolute atomic E-state index is 0.0795. The van der Waals surface area contributed by atoms with E-state index in [1.807, 2.05) is 4.90 Å². The lowest BCUT2D eigenvalue weighted by Gasteiger charge is -2.36. The van der Waals surface area contributed by atoms with Crippen LogP contribution in [-0.4, -0.2) is 67.9 Å². The summed E-state index contributed by atoms with van der Waals surface area (Å²) < 4.78 is 48.7. The molecule has 0 radical (unpaired) electrons. The molecule has 15 heteroatoms. The Kier molecular flexibility index (Phi) is 7.49. The van der Waals surface area contributed by atoms with Crippen molar-refractivity contribution in [1.29, 1.82) is 0 Å². The zero-order valence-electron chi connectivity index (χ0n) is 17.9. The normalized spacial score (nSPS) is 13.9. The molecule has 1 amide bonds. The second kappa shape index (κ2) is 10.3. The Hall–Kier alpha value is -4.27. The molecule has 1 aliphatic rings. The number of benzene rings is 1. The Balaban J connectivity index is 0.000000509. The van der Waals surface area contributed by atoms with E-state index in [9.17, 15) is 18.0 Å². The first-order chi connectivity index (χ1) is 16.4. The Bertz CT molecular complexity index is 1210. The van der Waals surface area contributed by atoms with Crippen LogP contribution in [0.25, 0.3) is 11.4 Å². The number of hydrogen-bond acceptors (Lipinski definition) is 9. The highest BCUT2D eigenvalue weighted by molar-refractivity contribution is 6.27. The fourth-order valence-electron chi connectivity index (χ4n) is 3.02. The van der Waals surface area contributed by atoms with Gasteiger partial charge >= 0.3 is 18.1 Å². The summed E-state index contributed by atoms with van der Waals surface area (Å²) in [6.45, 7) is 2.93. The van der Waals surface area contributed by atoms with Gasteiger partial charge in [0.2, 0.25) is 17.6 Å². The summed E-state index contributed by atoms with van der Waals surface area (Å²) in [5, 5.41) is 24.9. The molecular formula is C20H18F3N5O7. The molecule has 3 N–H and O–H groups in total. The maximum absolute atomic E-state index is 12.9. The molecule has 35 heavy (non-hydrogen) atoms. The molecule has 3 aromatic rings. The lowest BCUT2D eigenvalue weighted by Crippen LogP contribution is -2.48. The number of likely N-dealkylation sites (tertiary alicyclic amines) is 1. The number of halogens is 3. The van der Waals surface area contributed by atoms with Crippen LogP contribution in [0.3, 0.4) is 0 Å². The zero-order chi connectivity index (χ0) is 25.8. The van der Waals surface area contributed by atoms with Crippen LogP contribution in [0.4, 0.5) is 19.0 Å². The number of aromatic nitrogens is 3. The second-order valence-electron chi connectivity index (χ2n) is 7.41. The van der Waals surface area contributed by atoms with Gasteiger partial charge in [-0.05, 0) is 19.1 Å². The third-order valence-corrected chi connectivity index (χ3v) is 4.64. The molecule has 2 aromatic heterocycles. The van der Waals surface area contributed by atoms with Crippen molar-refractivity contribution in [3.63, 3.8) is 0 Å². The Labute approximate surface area is 194 Å². The highest BCUT2D eigenvalue weighted by atomic mass is 19.4. The van der Waals surface area contributed by atoms with E-state index in [2.05, 4.69) is 20.6 Å². The van der Waals surface area contributed by atoms with Crippen LogP contribution in [-0.2, 0) is 20.6 Å². The Morgan fingerprint density at radius 2 is 1.80 bits per heavy atom. The number of carbonyl (C=O) groups excluding carboxylic acids is 1. The van der Waals surface area contributed by atoms with Crippen LogP contribution in [0.1, 0.15) is 23.1 Å². The smallest absolute Gasteiger partial charge is 0.416 e. The summed E-state index contributed by atoms with van der Waals surface area (Å²) in [6.07, 6.45) is -4.44.